The molecule has 0 aliphatic carbocycles. The van der Waals surface area contributed by atoms with Crippen molar-refractivity contribution < 1.29 is 9.59 Å². The van der Waals surface area contributed by atoms with E-state index in [-0.39, 0.29) is 5.91 Å². The molecule has 2 aliphatic rings. The summed E-state index contributed by atoms with van der Waals surface area (Å²) in [4.78, 5) is 23.6. The minimum absolute atomic E-state index is 0.187. The summed E-state index contributed by atoms with van der Waals surface area (Å²) in [7, 11) is 0. The van der Waals surface area contributed by atoms with Gasteiger partial charge in [0.1, 0.15) is 6.29 Å². The molecular weight excluding hydrogens is 166 g/mol. The highest BCUT2D eigenvalue weighted by atomic mass is 16.2. The number of nitrogens with zero attached hydrogens (tertiary/aromatic N) is 1. The maximum atomic E-state index is 11.3. The molecule has 2 aliphatic heterocycles. The van der Waals surface area contributed by atoms with Gasteiger partial charge in [-0.2, -0.15) is 0 Å². The third kappa shape index (κ3) is 1.41. The number of fused-ring (bicyclic) bond motifs is 1. The minimum atomic E-state index is 0.187. The summed E-state index contributed by atoms with van der Waals surface area (Å²) >= 11 is 0. The van der Waals surface area contributed by atoms with Crippen molar-refractivity contribution in [2.75, 3.05) is 6.54 Å². The standard InChI is InChI=1S/C10H11NO2/c12-7-8-1-2-9-3-4-10(13)11(9)6-5-8/h1-2,7H,3-6H2. The van der Waals surface area contributed by atoms with Crippen molar-refractivity contribution in [2.24, 2.45) is 0 Å². The molecular formula is C10H11NO2. The van der Waals surface area contributed by atoms with E-state index in [1.165, 1.54) is 0 Å². The molecule has 0 unspecified atom stereocenters. The summed E-state index contributed by atoms with van der Waals surface area (Å²) in [6, 6.07) is 0. The second-order valence-corrected chi connectivity index (χ2v) is 3.31. The van der Waals surface area contributed by atoms with Gasteiger partial charge in [-0.15, -0.1) is 0 Å². The van der Waals surface area contributed by atoms with Gasteiger partial charge in [-0.1, -0.05) is 6.08 Å². The van der Waals surface area contributed by atoms with Crippen LogP contribution in [0.5, 0.6) is 0 Å². The minimum Gasteiger partial charge on any atom is -0.316 e. The van der Waals surface area contributed by atoms with E-state index >= 15 is 0 Å². The average Bonchev–Trinajstić information content (AvgIpc) is 2.38. The number of aldehydes is 1. The van der Waals surface area contributed by atoms with Crippen molar-refractivity contribution in [1.82, 2.24) is 4.90 Å². The van der Waals surface area contributed by atoms with E-state index in [2.05, 4.69) is 0 Å². The quantitative estimate of drug-likeness (QED) is 0.561. The van der Waals surface area contributed by atoms with Crippen molar-refractivity contribution >= 4 is 12.2 Å². The Bertz CT molecular complexity index is 315. The summed E-state index contributed by atoms with van der Waals surface area (Å²) in [5.74, 6) is 0.187. The number of rotatable bonds is 1. The zero-order valence-corrected chi connectivity index (χ0v) is 7.32. The van der Waals surface area contributed by atoms with Gasteiger partial charge in [0.05, 0.1) is 0 Å². The molecule has 3 nitrogen and oxygen atoms in total. The predicted octanol–water partition coefficient (Wildman–Crippen LogP) is 1.02. The smallest absolute Gasteiger partial charge is 0.227 e. The van der Waals surface area contributed by atoms with E-state index in [0.717, 1.165) is 24.0 Å². The van der Waals surface area contributed by atoms with Crippen LogP contribution in [0.3, 0.4) is 0 Å². The van der Waals surface area contributed by atoms with Crippen LogP contribution >= 0.6 is 0 Å². The van der Waals surface area contributed by atoms with E-state index in [1.54, 1.807) is 4.90 Å². The van der Waals surface area contributed by atoms with Gasteiger partial charge in [0.25, 0.3) is 0 Å². The van der Waals surface area contributed by atoms with Gasteiger partial charge < -0.3 is 4.90 Å². The van der Waals surface area contributed by atoms with Crippen LogP contribution in [-0.2, 0) is 9.59 Å². The fraction of sp³-hybridized carbons (Fsp3) is 0.400. The Hall–Kier alpha value is -1.38. The van der Waals surface area contributed by atoms with Crippen molar-refractivity contribution in [2.45, 2.75) is 19.3 Å². The Morgan fingerprint density at radius 2 is 2.08 bits per heavy atom. The highest BCUT2D eigenvalue weighted by Gasteiger charge is 2.25. The van der Waals surface area contributed by atoms with E-state index < -0.39 is 0 Å². The fourth-order valence-electron chi connectivity index (χ4n) is 1.73. The average molecular weight is 177 g/mol. The van der Waals surface area contributed by atoms with Gasteiger partial charge in [-0.3, -0.25) is 9.59 Å². The molecule has 2 heterocycles. The van der Waals surface area contributed by atoms with Gasteiger partial charge in [0.15, 0.2) is 0 Å². The molecule has 0 aromatic rings. The second kappa shape index (κ2) is 3.17. The van der Waals surface area contributed by atoms with Gasteiger partial charge in [-0.05, 0) is 24.5 Å². The molecule has 0 aromatic heterocycles. The topological polar surface area (TPSA) is 37.4 Å². The van der Waals surface area contributed by atoms with Gasteiger partial charge in [0, 0.05) is 18.7 Å². The molecule has 0 aromatic carbocycles. The molecule has 1 amide bonds. The molecule has 0 radical (unpaired) electrons. The van der Waals surface area contributed by atoms with Crippen LogP contribution in [0.4, 0.5) is 0 Å². The van der Waals surface area contributed by atoms with Crippen molar-refractivity contribution in [3.63, 3.8) is 0 Å². The highest BCUT2D eigenvalue weighted by molar-refractivity contribution is 5.82. The van der Waals surface area contributed by atoms with Crippen molar-refractivity contribution in [3.05, 3.63) is 23.4 Å². The number of amides is 1. The highest BCUT2D eigenvalue weighted by Crippen LogP contribution is 2.25. The van der Waals surface area contributed by atoms with Crippen LogP contribution in [0.15, 0.2) is 23.4 Å². The summed E-state index contributed by atoms with van der Waals surface area (Å²) < 4.78 is 0. The molecule has 0 N–H and O–H groups in total. The summed E-state index contributed by atoms with van der Waals surface area (Å²) in [6.45, 7) is 0.662. The number of carbonyl (C=O) groups is 2. The molecule has 1 fully saturated rings. The Morgan fingerprint density at radius 3 is 2.85 bits per heavy atom. The maximum Gasteiger partial charge on any atom is 0.227 e. The largest absolute Gasteiger partial charge is 0.316 e. The Morgan fingerprint density at radius 1 is 1.23 bits per heavy atom. The molecule has 13 heavy (non-hydrogen) atoms. The van der Waals surface area contributed by atoms with Crippen LogP contribution in [0.2, 0.25) is 0 Å². The Kier molecular flexibility index (Phi) is 2.00. The first-order valence-electron chi connectivity index (χ1n) is 4.46. The Balaban J connectivity index is 2.24. The van der Waals surface area contributed by atoms with Crippen LogP contribution in [0.1, 0.15) is 19.3 Å². The van der Waals surface area contributed by atoms with Crippen LogP contribution in [-0.4, -0.2) is 23.6 Å². The molecule has 2 rings (SSSR count). The SMILES string of the molecule is O=CC1=CC=C2CCC(=O)N2CC1. The lowest BCUT2D eigenvalue weighted by molar-refractivity contribution is -0.126. The molecule has 0 saturated carbocycles. The van der Waals surface area contributed by atoms with Crippen LogP contribution in [0, 0.1) is 0 Å². The normalized spacial score (nSPS) is 21.8. The third-order valence-electron chi connectivity index (χ3n) is 2.51. The fourth-order valence-corrected chi connectivity index (χ4v) is 1.73. The molecule has 0 bridgehead atoms. The first-order valence-corrected chi connectivity index (χ1v) is 4.46. The van der Waals surface area contributed by atoms with Crippen molar-refractivity contribution in [1.29, 1.82) is 0 Å². The first kappa shape index (κ1) is 8.23. The number of hydrogen-bond donors (Lipinski definition) is 0. The predicted molar refractivity (Wildman–Crippen MR) is 47.8 cm³/mol. The van der Waals surface area contributed by atoms with E-state index in [9.17, 15) is 9.59 Å². The lowest BCUT2D eigenvalue weighted by Gasteiger charge is -2.15. The Labute approximate surface area is 76.7 Å². The number of carbonyl (C=O) groups excluding carboxylic acids is 2. The molecule has 0 spiro atoms. The van der Waals surface area contributed by atoms with Gasteiger partial charge in [0.2, 0.25) is 5.91 Å². The van der Waals surface area contributed by atoms with Crippen molar-refractivity contribution in [3.8, 4) is 0 Å². The number of allylic oxidation sites excluding steroid dienone is 3. The molecule has 3 heteroatoms. The zero-order valence-electron chi connectivity index (χ0n) is 7.32. The lowest BCUT2D eigenvalue weighted by atomic mass is 10.2. The number of hydrogen-bond acceptors (Lipinski definition) is 2. The molecule has 0 atom stereocenters. The maximum absolute atomic E-state index is 11.3. The molecule has 1 saturated heterocycles. The summed E-state index contributed by atoms with van der Waals surface area (Å²) in [5, 5.41) is 0. The second-order valence-electron chi connectivity index (χ2n) is 3.31. The summed E-state index contributed by atoms with van der Waals surface area (Å²) in [6.07, 6.45) is 6.69. The zero-order chi connectivity index (χ0) is 9.26. The van der Waals surface area contributed by atoms with Gasteiger partial charge >= 0.3 is 0 Å². The summed E-state index contributed by atoms with van der Waals surface area (Å²) in [5.41, 5.74) is 1.83. The first-order chi connectivity index (χ1) is 6.31. The lowest BCUT2D eigenvalue weighted by Crippen LogP contribution is -2.23. The van der Waals surface area contributed by atoms with E-state index in [4.69, 9.17) is 0 Å². The van der Waals surface area contributed by atoms with Crippen LogP contribution < -0.4 is 0 Å². The molecule has 68 valence electrons. The third-order valence-corrected chi connectivity index (χ3v) is 2.51. The van der Waals surface area contributed by atoms with E-state index in [1.807, 2.05) is 12.2 Å². The van der Waals surface area contributed by atoms with E-state index in [0.29, 0.717) is 19.4 Å². The monoisotopic (exact) mass is 177 g/mol. The van der Waals surface area contributed by atoms with Gasteiger partial charge in [-0.25, -0.2) is 0 Å². The van der Waals surface area contributed by atoms with Crippen LogP contribution in [0.25, 0.3) is 0 Å².